The van der Waals surface area contributed by atoms with Crippen LogP contribution in [-0.2, 0) is 0 Å². The van der Waals surface area contributed by atoms with E-state index in [4.69, 9.17) is 9.84 Å². The van der Waals surface area contributed by atoms with Gasteiger partial charge in [-0.25, -0.2) is 8.78 Å². The van der Waals surface area contributed by atoms with E-state index in [1.807, 2.05) is 0 Å². The zero-order valence-corrected chi connectivity index (χ0v) is 16.6. The van der Waals surface area contributed by atoms with Gasteiger partial charge in [0.25, 0.3) is 0 Å². The SMILES string of the molecule is OCCN1CCN(CC(O)COc2c(F)cc(Br)cc2F)CC1.[Cl-].[Cl-]. The quantitative estimate of drug-likeness (QED) is 0.423. The van der Waals surface area contributed by atoms with E-state index in [-0.39, 0.29) is 38.0 Å². The molecule has 0 spiro atoms. The molecular formula is C15H21BrCl2F2N2O3-2. The van der Waals surface area contributed by atoms with E-state index in [1.54, 1.807) is 0 Å². The second-order valence-corrected chi connectivity index (χ2v) is 6.44. The van der Waals surface area contributed by atoms with Gasteiger partial charge in [0.15, 0.2) is 17.4 Å². The van der Waals surface area contributed by atoms with Crippen molar-refractivity contribution >= 4 is 15.9 Å². The fraction of sp³-hybridized carbons (Fsp3) is 0.600. The molecular weight excluding hydrogens is 445 g/mol. The Morgan fingerprint density at radius 1 is 1.08 bits per heavy atom. The predicted octanol–water partition coefficient (Wildman–Crippen LogP) is -4.92. The van der Waals surface area contributed by atoms with E-state index >= 15 is 0 Å². The van der Waals surface area contributed by atoms with Gasteiger partial charge in [-0.2, -0.15) is 0 Å². The number of aliphatic hydroxyl groups is 2. The monoisotopic (exact) mass is 464 g/mol. The number of benzene rings is 1. The van der Waals surface area contributed by atoms with Crippen molar-refractivity contribution in [2.75, 3.05) is 52.5 Å². The molecule has 1 aliphatic rings. The van der Waals surface area contributed by atoms with Gasteiger partial charge in [-0.05, 0) is 12.1 Å². The molecule has 1 aromatic rings. The number of hydrogen-bond acceptors (Lipinski definition) is 5. The van der Waals surface area contributed by atoms with Crippen LogP contribution in [0.2, 0.25) is 0 Å². The van der Waals surface area contributed by atoms with Crippen LogP contribution in [0.15, 0.2) is 16.6 Å². The maximum Gasteiger partial charge on any atom is 0.190 e. The second kappa shape index (κ2) is 12.2. The molecule has 146 valence electrons. The van der Waals surface area contributed by atoms with Crippen molar-refractivity contribution in [2.45, 2.75) is 6.10 Å². The summed E-state index contributed by atoms with van der Waals surface area (Å²) in [6, 6.07) is 2.23. The Morgan fingerprint density at radius 2 is 1.60 bits per heavy atom. The van der Waals surface area contributed by atoms with Crippen LogP contribution in [-0.4, -0.2) is 78.6 Å². The van der Waals surface area contributed by atoms with Crippen molar-refractivity contribution in [3.63, 3.8) is 0 Å². The molecule has 0 amide bonds. The van der Waals surface area contributed by atoms with Crippen LogP contribution in [0.5, 0.6) is 5.75 Å². The van der Waals surface area contributed by atoms with E-state index in [0.717, 1.165) is 38.3 Å². The molecule has 1 saturated heterocycles. The van der Waals surface area contributed by atoms with Crippen LogP contribution in [0.1, 0.15) is 0 Å². The fourth-order valence-corrected chi connectivity index (χ4v) is 2.94. The maximum atomic E-state index is 13.6. The lowest BCUT2D eigenvalue weighted by Crippen LogP contribution is -3.00. The van der Waals surface area contributed by atoms with Gasteiger partial charge >= 0.3 is 0 Å². The molecule has 1 atom stereocenters. The Bertz CT molecular complexity index is 501. The van der Waals surface area contributed by atoms with Gasteiger partial charge < -0.3 is 39.8 Å². The summed E-state index contributed by atoms with van der Waals surface area (Å²) in [5.74, 6) is -2.08. The highest BCUT2D eigenvalue weighted by atomic mass is 79.9. The fourth-order valence-electron chi connectivity index (χ4n) is 2.53. The van der Waals surface area contributed by atoms with Crippen LogP contribution in [0.25, 0.3) is 0 Å². The number of β-amino-alcohol motifs (C(OH)–C–C–N with tert-alkyl or cyclic N) is 2. The first-order valence-electron chi connectivity index (χ1n) is 7.50. The van der Waals surface area contributed by atoms with Crippen molar-refractivity contribution in [1.82, 2.24) is 9.80 Å². The number of aliphatic hydroxyl groups excluding tert-OH is 2. The summed E-state index contributed by atoms with van der Waals surface area (Å²) in [4.78, 5) is 4.21. The third-order valence-electron chi connectivity index (χ3n) is 3.73. The third-order valence-corrected chi connectivity index (χ3v) is 4.19. The minimum Gasteiger partial charge on any atom is -1.00 e. The first-order chi connectivity index (χ1) is 11.0. The Labute approximate surface area is 166 Å². The van der Waals surface area contributed by atoms with Gasteiger partial charge in [-0.3, -0.25) is 9.80 Å². The van der Waals surface area contributed by atoms with Crippen LogP contribution in [0, 0.1) is 11.6 Å². The van der Waals surface area contributed by atoms with Gasteiger partial charge in [-0.15, -0.1) is 0 Å². The molecule has 1 aliphatic heterocycles. The molecule has 1 heterocycles. The highest BCUT2D eigenvalue weighted by Gasteiger charge is 2.20. The number of nitrogens with zero attached hydrogens (tertiary/aromatic N) is 2. The summed E-state index contributed by atoms with van der Waals surface area (Å²) in [6.45, 7) is 4.20. The Balaban J connectivity index is 0.00000288. The number of halogens is 5. The van der Waals surface area contributed by atoms with Gasteiger partial charge in [0.05, 0.1) is 6.61 Å². The van der Waals surface area contributed by atoms with Crippen molar-refractivity contribution in [3.8, 4) is 5.75 Å². The molecule has 0 aromatic heterocycles. The zero-order chi connectivity index (χ0) is 16.8. The molecule has 0 aliphatic carbocycles. The summed E-state index contributed by atoms with van der Waals surface area (Å²) < 4.78 is 32.6. The van der Waals surface area contributed by atoms with E-state index in [2.05, 4.69) is 25.7 Å². The molecule has 2 N–H and O–H groups in total. The number of ether oxygens (including phenoxy) is 1. The van der Waals surface area contributed by atoms with Crippen molar-refractivity contribution in [1.29, 1.82) is 0 Å². The molecule has 1 aromatic carbocycles. The standard InChI is InChI=1S/C15H21BrF2N2O3.2ClH/c16-11-7-13(17)15(14(18)8-11)23-10-12(22)9-20-3-1-19(2-4-20)5-6-21;;/h7-8,12,21-22H,1-6,9-10H2;2*1H/p-2. The van der Waals surface area contributed by atoms with Gasteiger partial charge in [0, 0.05) is 43.7 Å². The molecule has 10 heteroatoms. The van der Waals surface area contributed by atoms with Crippen molar-refractivity contribution in [3.05, 3.63) is 28.2 Å². The van der Waals surface area contributed by atoms with Crippen molar-refractivity contribution in [2.24, 2.45) is 0 Å². The molecule has 0 radical (unpaired) electrons. The average molecular weight is 466 g/mol. The molecule has 0 saturated carbocycles. The Morgan fingerprint density at radius 3 is 2.12 bits per heavy atom. The van der Waals surface area contributed by atoms with E-state index < -0.39 is 23.5 Å². The largest absolute Gasteiger partial charge is 1.00 e. The van der Waals surface area contributed by atoms with E-state index in [0.29, 0.717) is 17.6 Å². The molecule has 0 bridgehead atoms. The van der Waals surface area contributed by atoms with Crippen LogP contribution < -0.4 is 29.6 Å². The minimum absolute atomic E-state index is 0. The number of hydrogen-bond donors (Lipinski definition) is 2. The Kier molecular flexibility index (Phi) is 12.1. The van der Waals surface area contributed by atoms with Crippen LogP contribution >= 0.6 is 15.9 Å². The predicted molar refractivity (Wildman–Crippen MR) is 85.5 cm³/mol. The van der Waals surface area contributed by atoms with Crippen molar-refractivity contribution < 1.29 is 48.5 Å². The summed E-state index contributed by atoms with van der Waals surface area (Å²) in [5.41, 5.74) is 0. The lowest BCUT2D eigenvalue weighted by Gasteiger charge is -2.35. The van der Waals surface area contributed by atoms with Gasteiger partial charge in [-0.1, -0.05) is 15.9 Å². The lowest BCUT2D eigenvalue weighted by molar-refractivity contribution is -0.00100. The van der Waals surface area contributed by atoms with E-state index in [9.17, 15) is 13.9 Å². The molecule has 5 nitrogen and oxygen atoms in total. The average Bonchev–Trinajstić information content (AvgIpc) is 2.48. The second-order valence-electron chi connectivity index (χ2n) is 5.53. The first-order valence-corrected chi connectivity index (χ1v) is 8.30. The number of rotatable bonds is 7. The number of piperazine rings is 1. The first kappa shape index (κ1) is 24.8. The lowest BCUT2D eigenvalue weighted by atomic mass is 10.2. The van der Waals surface area contributed by atoms with Gasteiger partial charge in [0.2, 0.25) is 0 Å². The maximum absolute atomic E-state index is 13.6. The smallest absolute Gasteiger partial charge is 0.190 e. The summed E-state index contributed by atoms with van der Waals surface area (Å²) in [5, 5.41) is 18.9. The Hall–Kier alpha value is -0.220. The van der Waals surface area contributed by atoms with E-state index in [1.165, 1.54) is 0 Å². The highest BCUT2D eigenvalue weighted by molar-refractivity contribution is 9.10. The molecule has 25 heavy (non-hydrogen) atoms. The summed E-state index contributed by atoms with van der Waals surface area (Å²) in [7, 11) is 0. The zero-order valence-electron chi connectivity index (χ0n) is 13.5. The summed E-state index contributed by atoms with van der Waals surface area (Å²) >= 11 is 3.00. The third kappa shape index (κ3) is 7.90. The van der Waals surface area contributed by atoms with Crippen LogP contribution in [0.4, 0.5) is 8.78 Å². The normalized spacial score (nSPS) is 16.7. The summed E-state index contributed by atoms with van der Waals surface area (Å²) in [6.07, 6.45) is -0.832. The molecule has 2 rings (SSSR count). The topological polar surface area (TPSA) is 56.2 Å². The van der Waals surface area contributed by atoms with Gasteiger partial charge in [0.1, 0.15) is 12.7 Å². The molecule has 1 fully saturated rings. The minimum atomic E-state index is -0.832. The highest BCUT2D eigenvalue weighted by Crippen LogP contribution is 2.26. The molecule has 1 unspecified atom stereocenters. The van der Waals surface area contributed by atoms with Crippen LogP contribution in [0.3, 0.4) is 0 Å².